The molecule has 126 valence electrons. The molecule has 0 spiro atoms. The van der Waals surface area contributed by atoms with E-state index in [0.29, 0.717) is 28.3 Å². The zero-order valence-corrected chi connectivity index (χ0v) is 13.6. The number of hydrogen-bond donors (Lipinski definition) is 1. The van der Waals surface area contributed by atoms with Crippen molar-refractivity contribution in [2.75, 3.05) is 0 Å². The highest BCUT2D eigenvalue weighted by Gasteiger charge is 2.13. The first-order valence-electron chi connectivity index (χ1n) is 7.96. The number of para-hydroxylation sites is 1. The average Bonchev–Trinajstić information content (AvgIpc) is 3.32. The van der Waals surface area contributed by atoms with Gasteiger partial charge in [0.1, 0.15) is 11.3 Å². The van der Waals surface area contributed by atoms with Crippen LogP contribution < -0.4 is 5.32 Å². The second kappa shape index (κ2) is 6.57. The van der Waals surface area contributed by atoms with Crippen LogP contribution in [0.25, 0.3) is 22.5 Å². The van der Waals surface area contributed by atoms with Gasteiger partial charge in [-0.2, -0.15) is 5.26 Å². The lowest BCUT2D eigenvalue weighted by atomic mass is 10.1. The zero-order valence-electron chi connectivity index (χ0n) is 13.6. The summed E-state index contributed by atoms with van der Waals surface area (Å²) < 4.78 is 11.1. The maximum atomic E-state index is 12.1. The van der Waals surface area contributed by atoms with Gasteiger partial charge >= 0.3 is 0 Å². The molecule has 0 unspecified atom stereocenters. The first-order valence-corrected chi connectivity index (χ1v) is 7.96. The summed E-state index contributed by atoms with van der Waals surface area (Å²) >= 11 is 0. The number of fused-ring (bicyclic) bond motifs is 1. The lowest BCUT2D eigenvalue weighted by molar-refractivity contribution is 0.0950. The van der Waals surface area contributed by atoms with Gasteiger partial charge in [0.05, 0.1) is 18.2 Å². The summed E-state index contributed by atoms with van der Waals surface area (Å²) in [7, 11) is 0. The lowest BCUT2D eigenvalue weighted by Gasteiger charge is -2.02. The second-order valence-corrected chi connectivity index (χ2v) is 5.70. The molecule has 0 aliphatic heterocycles. The smallest absolute Gasteiger partial charge is 0.251 e. The van der Waals surface area contributed by atoms with Crippen molar-refractivity contribution in [3.8, 4) is 17.6 Å². The molecule has 26 heavy (non-hydrogen) atoms. The zero-order chi connectivity index (χ0) is 17.9. The van der Waals surface area contributed by atoms with Gasteiger partial charge in [0.25, 0.3) is 5.91 Å². The predicted octanol–water partition coefficient (Wildman–Crippen LogP) is 3.89. The number of benzene rings is 2. The molecule has 6 heteroatoms. The van der Waals surface area contributed by atoms with Gasteiger partial charge in [-0.05, 0) is 36.4 Å². The normalized spacial score (nSPS) is 10.6. The number of carbonyl (C=O) groups excluding carboxylic acids is 1. The third kappa shape index (κ3) is 3.06. The lowest BCUT2D eigenvalue weighted by Crippen LogP contribution is -2.22. The summed E-state index contributed by atoms with van der Waals surface area (Å²) in [6.45, 7) is 0.225. The third-order valence-electron chi connectivity index (χ3n) is 3.93. The summed E-state index contributed by atoms with van der Waals surface area (Å²) in [5, 5.41) is 16.5. The maximum absolute atomic E-state index is 12.1. The minimum Gasteiger partial charge on any atom is -0.453 e. The van der Waals surface area contributed by atoms with Crippen molar-refractivity contribution in [1.82, 2.24) is 10.5 Å². The highest BCUT2D eigenvalue weighted by atomic mass is 16.5. The minimum atomic E-state index is -0.247. The van der Waals surface area contributed by atoms with E-state index in [1.54, 1.807) is 30.3 Å². The number of carbonyl (C=O) groups is 1. The molecule has 0 aliphatic carbocycles. The predicted molar refractivity (Wildman–Crippen MR) is 94.0 cm³/mol. The van der Waals surface area contributed by atoms with Crippen LogP contribution in [0.3, 0.4) is 0 Å². The molecule has 4 aromatic rings. The van der Waals surface area contributed by atoms with Crippen LogP contribution in [0, 0.1) is 11.3 Å². The summed E-state index contributed by atoms with van der Waals surface area (Å²) in [4.78, 5) is 12.1. The van der Waals surface area contributed by atoms with Crippen LogP contribution >= 0.6 is 0 Å². The van der Waals surface area contributed by atoms with Gasteiger partial charge in [0.2, 0.25) is 5.76 Å². The van der Waals surface area contributed by atoms with Crippen molar-refractivity contribution >= 4 is 16.9 Å². The Morgan fingerprint density at radius 1 is 1.08 bits per heavy atom. The molecule has 2 heterocycles. The molecule has 2 aromatic heterocycles. The summed E-state index contributed by atoms with van der Waals surface area (Å²) in [6.07, 6.45) is 0. The van der Waals surface area contributed by atoms with Gasteiger partial charge in [0, 0.05) is 17.0 Å². The fourth-order valence-electron chi connectivity index (χ4n) is 2.58. The van der Waals surface area contributed by atoms with E-state index in [1.165, 1.54) is 0 Å². The van der Waals surface area contributed by atoms with E-state index in [0.717, 1.165) is 11.0 Å². The number of furan rings is 1. The van der Waals surface area contributed by atoms with Crippen molar-refractivity contribution in [1.29, 1.82) is 5.26 Å². The van der Waals surface area contributed by atoms with Crippen LogP contribution in [0.2, 0.25) is 0 Å². The molecule has 6 nitrogen and oxygen atoms in total. The van der Waals surface area contributed by atoms with Crippen LogP contribution in [0.4, 0.5) is 0 Å². The summed E-state index contributed by atoms with van der Waals surface area (Å²) in [6, 6.07) is 19.7. The van der Waals surface area contributed by atoms with Crippen molar-refractivity contribution in [2.24, 2.45) is 0 Å². The molecule has 4 rings (SSSR count). The van der Waals surface area contributed by atoms with Crippen LogP contribution in [0.1, 0.15) is 21.6 Å². The van der Waals surface area contributed by atoms with E-state index < -0.39 is 0 Å². The number of aromatic nitrogens is 1. The van der Waals surface area contributed by atoms with Crippen LogP contribution in [0.5, 0.6) is 0 Å². The molecule has 0 saturated carbocycles. The van der Waals surface area contributed by atoms with Crippen LogP contribution in [0.15, 0.2) is 69.6 Å². The number of nitrogens with zero attached hydrogens (tertiary/aromatic N) is 2. The van der Waals surface area contributed by atoms with Gasteiger partial charge in [0.15, 0.2) is 5.76 Å². The van der Waals surface area contributed by atoms with E-state index in [2.05, 4.69) is 10.5 Å². The van der Waals surface area contributed by atoms with Crippen LogP contribution in [-0.4, -0.2) is 11.1 Å². The summed E-state index contributed by atoms with van der Waals surface area (Å²) in [5.74, 6) is 0.843. The summed E-state index contributed by atoms with van der Waals surface area (Å²) in [5.41, 5.74) is 2.34. The molecular weight excluding hydrogens is 330 g/mol. The maximum Gasteiger partial charge on any atom is 0.251 e. The molecule has 1 amide bonds. The Bertz CT molecular complexity index is 1080. The number of amides is 1. The molecule has 0 saturated heterocycles. The quantitative estimate of drug-likeness (QED) is 0.607. The minimum absolute atomic E-state index is 0.225. The second-order valence-electron chi connectivity index (χ2n) is 5.70. The van der Waals surface area contributed by atoms with E-state index in [-0.39, 0.29) is 12.5 Å². The standard InChI is InChI=1S/C20H13N3O3/c21-11-13-5-7-14(8-6-13)20(24)22-12-16-10-19(26-23-16)18-9-15-3-1-2-4-17(15)25-18/h1-10H,12H2,(H,22,24). The average molecular weight is 343 g/mol. The number of nitrogens with one attached hydrogen (secondary N) is 1. The molecule has 0 bridgehead atoms. The molecule has 2 aromatic carbocycles. The van der Waals surface area contributed by atoms with Gasteiger partial charge in [-0.25, -0.2) is 0 Å². The Labute approximate surface area is 148 Å². The highest BCUT2D eigenvalue weighted by Crippen LogP contribution is 2.28. The SMILES string of the molecule is N#Cc1ccc(C(=O)NCc2cc(-c3cc4ccccc4o3)on2)cc1. The molecule has 1 N–H and O–H groups in total. The van der Waals surface area contributed by atoms with Crippen molar-refractivity contribution in [3.05, 3.63) is 77.5 Å². The van der Waals surface area contributed by atoms with Crippen molar-refractivity contribution in [3.63, 3.8) is 0 Å². The number of rotatable bonds is 4. The number of nitriles is 1. The largest absolute Gasteiger partial charge is 0.453 e. The Kier molecular flexibility index (Phi) is 3.96. The molecule has 0 radical (unpaired) electrons. The Morgan fingerprint density at radius 3 is 2.65 bits per heavy atom. The van der Waals surface area contributed by atoms with Gasteiger partial charge in [-0.15, -0.1) is 0 Å². The van der Waals surface area contributed by atoms with Gasteiger partial charge < -0.3 is 14.3 Å². The van der Waals surface area contributed by atoms with Crippen LogP contribution in [-0.2, 0) is 6.54 Å². The first-order chi connectivity index (χ1) is 12.7. The van der Waals surface area contributed by atoms with E-state index in [4.69, 9.17) is 14.2 Å². The monoisotopic (exact) mass is 343 g/mol. The first kappa shape index (κ1) is 15.7. The molecule has 0 fully saturated rings. The van der Waals surface area contributed by atoms with Crippen molar-refractivity contribution in [2.45, 2.75) is 6.54 Å². The van der Waals surface area contributed by atoms with Crippen molar-refractivity contribution < 1.29 is 13.7 Å². The molecule has 0 atom stereocenters. The van der Waals surface area contributed by atoms with E-state index >= 15 is 0 Å². The molecular formula is C20H13N3O3. The topological polar surface area (TPSA) is 92.1 Å². The Hall–Kier alpha value is -3.85. The Morgan fingerprint density at radius 2 is 1.88 bits per heavy atom. The molecule has 0 aliphatic rings. The fraction of sp³-hybridized carbons (Fsp3) is 0.0500. The van der Waals surface area contributed by atoms with Gasteiger partial charge in [-0.1, -0.05) is 23.4 Å². The van der Waals surface area contributed by atoms with Gasteiger partial charge in [-0.3, -0.25) is 4.79 Å². The Balaban J connectivity index is 1.44. The van der Waals surface area contributed by atoms with E-state index in [1.807, 2.05) is 36.4 Å². The van der Waals surface area contributed by atoms with E-state index in [9.17, 15) is 4.79 Å². The highest BCUT2D eigenvalue weighted by molar-refractivity contribution is 5.94. The number of hydrogen-bond acceptors (Lipinski definition) is 5. The fourth-order valence-corrected chi connectivity index (χ4v) is 2.58. The third-order valence-corrected chi connectivity index (χ3v) is 3.93.